The van der Waals surface area contributed by atoms with Crippen molar-refractivity contribution >= 4 is 28.7 Å². The summed E-state index contributed by atoms with van der Waals surface area (Å²) in [6, 6.07) is 10.1. The number of ether oxygens (including phenoxy) is 1. The van der Waals surface area contributed by atoms with Crippen molar-refractivity contribution in [2.75, 3.05) is 13.7 Å². The largest absolute Gasteiger partial charge is 0.497 e. The van der Waals surface area contributed by atoms with Crippen LogP contribution in [0.5, 0.6) is 5.75 Å². The zero-order chi connectivity index (χ0) is 21.0. The van der Waals surface area contributed by atoms with Crippen molar-refractivity contribution in [2.24, 2.45) is 0 Å². The predicted molar refractivity (Wildman–Crippen MR) is 107 cm³/mol. The van der Waals surface area contributed by atoms with Crippen LogP contribution >= 0.6 is 0 Å². The molecule has 3 heterocycles. The quantitative estimate of drug-likeness (QED) is 0.570. The molecule has 0 radical (unpaired) electrons. The first-order valence-corrected chi connectivity index (χ1v) is 9.46. The molecule has 1 saturated heterocycles. The molecule has 9 heteroatoms. The number of nitrogens with one attached hydrogen (secondary N) is 3. The van der Waals surface area contributed by atoms with E-state index in [9.17, 15) is 14.4 Å². The Kier molecular flexibility index (Phi) is 3.82. The van der Waals surface area contributed by atoms with E-state index in [1.807, 2.05) is 19.1 Å². The minimum Gasteiger partial charge on any atom is -0.497 e. The zero-order valence-electron chi connectivity index (χ0n) is 16.4. The van der Waals surface area contributed by atoms with Crippen LogP contribution in [-0.4, -0.2) is 46.6 Å². The second-order valence-corrected chi connectivity index (χ2v) is 7.58. The number of fused-ring (bicyclic) bond motifs is 2. The smallest absolute Gasteiger partial charge is 0.322 e. The normalized spacial score (nSPS) is 20.5. The molecule has 2 aromatic carbocycles. The van der Waals surface area contributed by atoms with Crippen LogP contribution in [0, 0.1) is 6.92 Å². The molecule has 1 unspecified atom stereocenters. The summed E-state index contributed by atoms with van der Waals surface area (Å²) in [6.07, 6.45) is 0. The third kappa shape index (κ3) is 2.55. The van der Waals surface area contributed by atoms with Gasteiger partial charge in [-0.2, -0.15) is 5.10 Å². The number of urea groups is 1. The van der Waals surface area contributed by atoms with E-state index in [0.29, 0.717) is 28.9 Å². The van der Waals surface area contributed by atoms with E-state index in [0.717, 1.165) is 16.6 Å². The number of imide groups is 1. The second kappa shape index (κ2) is 6.31. The van der Waals surface area contributed by atoms with Crippen molar-refractivity contribution in [3.8, 4) is 5.75 Å². The number of methoxy groups -OCH3 is 1. The average molecular weight is 405 g/mol. The summed E-state index contributed by atoms with van der Waals surface area (Å²) in [5.41, 5.74) is 2.13. The molecule has 0 bridgehead atoms. The van der Waals surface area contributed by atoms with Gasteiger partial charge in [-0.15, -0.1) is 0 Å². The fourth-order valence-corrected chi connectivity index (χ4v) is 4.19. The first-order chi connectivity index (χ1) is 14.4. The highest BCUT2D eigenvalue weighted by molar-refractivity contribution is 6.08. The molecule has 3 aromatic rings. The van der Waals surface area contributed by atoms with Gasteiger partial charge < -0.3 is 15.0 Å². The zero-order valence-corrected chi connectivity index (χ0v) is 16.4. The van der Waals surface area contributed by atoms with E-state index in [2.05, 4.69) is 20.8 Å². The molecular weight excluding hydrogens is 386 g/mol. The molecule has 1 aromatic heterocycles. The van der Waals surface area contributed by atoms with Crippen molar-refractivity contribution in [1.29, 1.82) is 0 Å². The monoisotopic (exact) mass is 405 g/mol. The minimum absolute atomic E-state index is 0.00465. The molecule has 5 rings (SSSR count). The third-order valence-electron chi connectivity index (χ3n) is 5.80. The van der Waals surface area contributed by atoms with Gasteiger partial charge in [0.15, 0.2) is 5.54 Å². The summed E-state index contributed by atoms with van der Waals surface area (Å²) in [6.45, 7) is 2.24. The number of hydrogen-bond acceptors (Lipinski definition) is 5. The van der Waals surface area contributed by atoms with Crippen LogP contribution in [0.25, 0.3) is 10.9 Å². The fraction of sp³-hybridized carbons (Fsp3) is 0.238. The SMILES string of the molecule is COc1ccc2c(c1)C(=O)N(CC1(c3ccc4c(C)[nH]nc4c3)NC(=O)NC1=O)C2. The Morgan fingerprint density at radius 2 is 2.00 bits per heavy atom. The van der Waals surface area contributed by atoms with Crippen LogP contribution in [0.15, 0.2) is 36.4 Å². The number of hydrogen-bond donors (Lipinski definition) is 3. The highest BCUT2D eigenvalue weighted by Crippen LogP contribution is 2.33. The van der Waals surface area contributed by atoms with Crippen molar-refractivity contribution in [1.82, 2.24) is 25.7 Å². The van der Waals surface area contributed by atoms with Gasteiger partial charge in [0.2, 0.25) is 0 Å². The summed E-state index contributed by atoms with van der Waals surface area (Å²) in [5.74, 6) is -0.126. The lowest BCUT2D eigenvalue weighted by atomic mass is 9.88. The molecule has 30 heavy (non-hydrogen) atoms. The van der Waals surface area contributed by atoms with Gasteiger partial charge >= 0.3 is 6.03 Å². The number of aryl methyl sites for hydroxylation is 1. The maximum Gasteiger partial charge on any atom is 0.322 e. The molecule has 3 N–H and O–H groups in total. The van der Waals surface area contributed by atoms with E-state index >= 15 is 0 Å². The lowest BCUT2D eigenvalue weighted by Crippen LogP contribution is -2.52. The van der Waals surface area contributed by atoms with Crippen LogP contribution in [0.2, 0.25) is 0 Å². The molecule has 2 aliphatic rings. The number of carbonyl (C=O) groups excluding carboxylic acids is 3. The Labute approximate surface area is 171 Å². The number of aromatic amines is 1. The van der Waals surface area contributed by atoms with Crippen LogP contribution < -0.4 is 15.4 Å². The maximum atomic E-state index is 13.0. The van der Waals surface area contributed by atoms with Crippen LogP contribution in [-0.2, 0) is 16.9 Å². The summed E-state index contributed by atoms with van der Waals surface area (Å²) in [7, 11) is 1.54. The van der Waals surface area contributed by atoms with Gasteiger partial charge in [-0.1, -0.05) is 18.2 Å². The first-order valence-electron chi connectivity index (χ1n) is 9.46. The number of nitrogens with zero attached hydrogens (tertiary/aromatic N) is 2. The molecule has 4 amide bonds. The molecule has 1 atom stereocenters. The molecule has 152 valence electrons. The lowest BCUT2D eigenvalue weighted by Gasteiger charge is -2.31. The van der Waals surface area contributed by atoms with Gasteiger partial charge in [-0.3, -0.25) is 20.0 Å². The maximum absolute atomic E-state index is 13.0. The van der Waals surface area contributed by atoms with Crippen molar-refractivity contribution in [3.63, 3.8) is 0 Å². The van der Waals surface area contributed by atoms with Gasteiger partial charge in [0.1, 0.15) is 5.75 Å². The lowest BCUT2D eigenvalue weighted by molar-refractivity contribution is -0.124. The number of H-pyrrole nitrogens is 1. The van der Waals surface area contributed by atoms with Gasteiger partial charge in [-0.25, -0.2) is 4.79 Å². The Hall–Kier alpha value is -3.88. The summed E-state index contributed by atoms with van der Waals surface area (Å²) < 4.78 is 5.22. The number of carbonyl (C=O) groups is 3. The minimum atomic E-state index is -1.40. The van der Waals surface area contributed by atoms with Crippen LogP contribution in [0.4, 0.5) is 4.79 Å². The molecule has 0 aliphatic carbocycles. The molecule has 9 nitrogen and oxygen atoms in total. The Morgan fingerprint density at radius 1 is 1.17 bits per heavy atom. The highest BCUT2D eigenvalue weighted by atomic mass is 16.5. The van der Waals surface area contributed by atoms with E-state index in [1.54, 1.807) is 36.3 Å². The topological polar surface area (TPSA) is 116 Å². The summed E-state index contributed by atoms with van der Waals surface area (Å²) in [4.78, 5) is 39.6. The average Bonchev–Trinajstić information content (AvgIpc) is 3.36. The molecule has 1 fully saturated rings. The van der Waals surface area contributed by atoms with Crippen LogP contribution in [0.1, 0.15) is 27.2 Å². The number of amides is 4. The fourth-order valence-electron chi connectivity index (χ4n) is 4.19. The highest BCUT2D eigenvalue weighted by Gasteiger charge is 2.50. The van der Waals surface area contributed by atoms with E-state index in [-0.39, 0.29) is 12.5 Å². The Morgan fingerprint density at radius 3 is 2.73 bits per heavy atom. The predicted octanol–water partition coefficient (Wildman–Crippen LogP) is 1.57. The first kappa shape index (κ1) is 18.2. The van der Waals surface area contributed by atoms with Crippen molar-refractivity contribution in [3.05, 3.63) is 58.8 Å². The van der Waals surface area contributed by atoms with Crippen molar-refractivity contribution in [2.45, 2.75) is 19.0 Å². The van der Waals surface area contributed by atoms with Gasteiger partial charge in [0.25, 0.3) is 11.8 Å². The number of benzene rings is 2. The standard InChI is InChI=1S/C21H19N5O4/c1-11-15-6-4-13(7-17(15)25-24-11)21(19(28)22-20(29)23-21)10-26-9-12-3-5-14(30-2)8-16(12)18(26)27/h3-8H,9-10H2,1-2H3,(H,24,25)(H2,22,23,28,29). The molecular formula is C21H19N5O4. The van der Waals surface area contributed by atoms with Gasteiger partial charge in [0, 0.05) is 23.2 Å². The van der Waals surface area contributed by atoms with E-state index in [1.165, 1.54) is 0 Å². The van der Waals surface area contributed by atoms with Crippen molar-refractivity contribution < 1.29 is 19.1 Å². The summed E-state index contributed by atoms with van der Waals surface area (Å²) >= 11 is 0. The van der Waals surface area contributed by atoms with Gasteiger partial charge in [-0.05, 0) is 36.2 Å². The van der Waals surface area contributed by atoms with Crippen LogP contribution in [0.3, 0.4) is 0 Å². The Bertz CT molecular complexity index is 1230. The van der Waals surface area contributed by atoms with E-state index < -0.39 is 17.5 Å². The third-order valence-corrected chi connectivity index (χ3v) is 5.80. The number of rotatable bonds is 4. The van der Waals surface area contributed by atoms with E-state index in [4.69, 9.17) is 4.74 Å². The molecule has 0 spiro atoms. The van der Waals surface area contributed by atoms with Gasteiger partial charge in [0.05, 0.1) is 19.2 Å². The summed E-state index contributed by atoms with van der Waals surface area (Å²) in [5, 5.41) is 13.2. The second-order valence-electron chi connectivity index (χ2n) is 7.58. The number of aromatic nitrogens is 2. The molecule has 0 saturated carbocycles. The Balaban J connectivity index is 1.55. The molecule has 2 aliphatic heterocycles.